The Morgan fingerprint density at radius 2 is 1.20 bits per heavy atom. The van der Waals surface area contributed by atoms with E-state index in [9.17, 15) is 10.4 Å². The number of nitrogens with zero attached hydrogens (tertiary/aromatic N) is 2. The summed E-state index contributed by atoms with van der Waals surface area (Å²) in [6.45, 7) is 7.59. The Bertz CT molecular complexity index is 453. The lowest BCUT2D eigenvalue weighted by molar-refractivity contribution is -1.01. The third-order valence-electron chi connectivity index (χ3n) is 6.49. The maximum Gasteiger partial charge on any atom is 0.255 e. The van der Waals surface area contributed by atoms with E-state index in [2.05, 4.69) is 0 Å². The van der Waals surface area contributed by atoms with Gasteiger partial charge in [-0.25, -0.2) is 0 Å². The quantitative estimate of drug-likeness (QED) is 0.563. The molecule has 0 N–H and O–H groups in total. The van der Waals surface area contributed by atoms with E-state index >= 15 is 0 Å². The number of hydrogen-bond donors (Lipinski definition) is 0. The zero-order valence-electron chi connectivity index (χ0n) is 12.7. The van der Waals surface area contributed by atoms with Crippen LogP contribution in [0.2, 0.25) is 0 Å². The van der Waals surface area contributed by atoms with Gasteiger partial charge in [-0.3, -0.25) is 0 Å². The van der Waals surface area contributed by atoms with Crippen LogP contribution in [0.15, 0.2) is 0 Å². The molecule has 2 fully saturated rings. The van der Waals surface area contributed by atoms with Gasteiger partial charge in [0.15, 0.2) is 12.6 Å². The SMILES string of the molecule is CO[C@@H]1O[C@H](OC)[C@@H]2C1C1(C)[N+]([O-])=[N+]([O-])[C@@]2(C)C1(C)C. The van der Waals surface area contributed by atoms with Gasteiger partial charge in [0.2, 0.25) is 0 Å². The predicted octanol–water partition coefficient (Wildman–Crippen LogP) is 1.24. The monoisotopic (exact) mass is 286 g/mol. The van der Waals surface area contributed by atoms with Crippen molar-refractivity contribution in [3.05, 3.63) is 10.4 Å². The van der Waals surface area contributed by atoms with Gasteiger partial charge in [0.05, 0.1) is 11.8 Å². The van der Waals surface area contributed by atoms with Crippen molar-refractivity contribution in [3.63, 3.8) is 0 Å². The Balaban J connectivity index is 2.24. The number of hydroxylamine groups is 2. The van der Waals surface area contributed by atoms with Gasteiger partial charge in [-0.15, -0.1) is 0 Å². The van der Waals surface area contributed by atoms with Crippen molar-refractivity contribution in [3.8, 4) is 0 Å². The van der Waals surface area contributed by atoms with Gasteiger partial charge in [-0.05, 0) is 13.8 Å². The molecule has 0 aromatic rings. The van der Waals surface area contributed by atoms with Crippen molar-refractivity contribution in [2.45, 2.75) is 51.4 Å². The molecular formula is C13H22N2O5. The molecule has 1 aliphatic carbocycles. The lowest BCUT2D eigenvalue weighted by Crippen LogP contribution is -2.52. The minimum absolute atomic E-state index is 0.208. The van der Waals surface area contributed by atoms with Crippen LogP contribution in [0.25, 0.3) is 0 Å². The zero-order valence-corrected chi connectivity index (χ0v) is 12.7. The Morgan fingerprint density at radius 3 is 1.50 bits per heavy atom. The van der Waals surface area contributed by atoms with Gasteiger partial charge in [0, 0.05) is 37.8 Å². The standard InChI is InChI=1S/C13H22N2O5/c1-11(2)12(3)7-8(10(19-6)20-9(7)18-5)13(11,4)15(17)14(12)16/h7-10H,1-6H3/t7-,8?,9-,10+,12+,13?/m0/s1. The molecule has 7 heteroatoms. The summed E-state index contributed by atoms with van der Waals surface area (Å²) in [5, 5.41) is 25.0. The van der Waals surface area contributed by atoms with Gasteiger partial charge < -0.3 is 24.6 Å². The first-order chi connectivity index (χ1) is 9.19. The van der Waals surface area contributed by atoms with Crippen molar-refractivity contribution in [2.24, 2.45) is 17.3 Å². The highest BCUT2D eigenvalue weighted by atomic mass is 16.8. The predicted molar refractivity (Wildman–Crippen MR) is 67.5 cm³/mol. The van der Waals surface area contributed by atoms with E-state index < -0.39 is 29.1 Å². The first-order valence-electron chi connectivity index (χ1n) is 6.85. The van der Waals surface area contributed by atoms with Crippen molar-refractivity contribution in [1.29, 1.82) is 0 Å². The van der Waals surface area contributed by atoms with Crippen LogP contribution in [0.1, 0.15) is 27.7 Å². The highest BCUT2D eigenvalue weighted by Gasteiger charge is 2.91. The fraction of sp³-hybridized carbons (Fsp3) is 1.00. The van der Waals surface area contributed by atoms with Gasteiger partial charge in [-0.1, -0.05) is 0 Å². The Labute approximate surface area is 118 Å². The number of ether oxygens (including phenoxy) is 3. The minimum atomic E-state index is -0.887. The van der Waals surface area contributed by atoms with E-state index in [-0.39, 0.29) is 11.8 Å². The lowest BCUT2D eigenvalue weighted by Gasteiger charge is -2.32. The third-order valence-corrected chi connectivity index (χ3v) is 6.49. The normalized spacial score (nSPS) is 52.7. The summed E-state index contributed by atoms with van der Waals surface area (Å²) in [5.74, 6) is -0.416. The number of methoxy groups -OCH3 is 2. The molecule has 2 unspecified atom stereocenters. The second-order valence-electron chi connectivity index (χ2n) is 6.86. The summed E-state index contributed by atoms with van der Waals surface area (Å²) in [4.78, 5) is 1.14. The van der Waals surface area contributed by atoms with Crippen LogP contribution in [-0.4, -0.2) is 47.6 Å². The molecule has 0 spiro atoms. The van der Waals surface area contributed by atoms with Crippen LogP contribution in [0.4, 0.5) is 0 Å². The summed E-state index contributed by atoms with van der Waals surface area (Å²) in [6.07, 6.45) is -1.08. The number of rotatable bonds is 2. The smallest absolute Gasteiger partial charge is 0.255 e. The van der Waals surface area contributed by atoms with E-state index in [1.807, 2.05) is 27.7 Å². The second-order valence-corrected chi connectivity index (χ2v) is 6.86. The molecule has 114 valence electrons. The molecule has 0 radical (unpaired) electrons. The lowest BCUT2D eigenvalue weighted by atomic mass is 9.67. The maximum absolute atomic E-state index is 12.5. The van der Waals surface area contributed by atoms with Gasteiger partial charge in [-0.2, -0.15) is 0 Å². The third kappa shape index (κ3) is 1.04. The molecule has 3 rings (SSSR count). The summed E-state index contributed by atoms with van der Waals surface area (Å²) >= 11 is 0. The van der Waals surface area contributed by atoms with Crippen LogP contribution >= 0.6 is 0 Å². The molecular weight excluding hydrogens is 264 g/mol. The molecule has 7 nitrogen and oxygen atoms in total. The molecule has 2 heterocycles. The maximum atomic E-state index is 12.5. The van der Waals surface area contributed by atoms with Crippen molar-refractivity contribution in [1.82, 2.24) is 0 Å². The molecule has 2 bridgehead atoms. The van der Waals surface area contributed by atoms with E-state index in [0.717, 1.165) is 0 Å². The Hall–Kier alpha value is -0.920. The Kier molecular flexibility index (Phi) is 2.55. The first-order valence-corrected chi connectivity index (χ1v) is 6.85. The molecule has 6 atom stereocenters. The summed E-state index contributed by atoms with van der Waals surface area (Å²) in [6, 6.07) is 0. The average Bonchev–Trinajstić information content (AvgIpc) is 2.89. The molecule has 2 aliphatic heterocycles. The number of azo groups is 1. The van der Waals surface area contributed by atoms with E-state index in [4.69, 9.17) is 14.2 Å². The number of hydrogen-bond acceptors (Lipinski definition) is 5. The first kappa shape index (κ1) is 14.0. The molecule has 1 saturated carbocycles. The molecule has 0 amide bonds. The van der Waals surface area contributed by atoms with Crippen LogP contribution in [0.3, 0.4) is 0 Å². The summed E-state index contributed by atoms with van der Waals surface area (Å²) in [7, 11) is 3.10. The van der Waals surface area contributed by atoms with E-state index in [1.165, 1.54) is 0 Å². The fourth-order valence-corrected chi connectivity index (χ4v) is 4.73. The highest BCUT2D eigenvalue weighted by Crippen LogP contribution is 2.69. The molecule has 3 aliphatic rings. The van der Waals surface area contributed by atoms with E-state index in [0.29, 0.717) is 9.72 Å². The summed E-state index contributed by atoms with van der Waals surface area (Å²) < 4.78 is 16.6. The minimum Gasteiger partial charge on any atom is -0.567 e. The Morgan fingerprint density at radius 1 is 0.850 bits per heavy atom. The van der Waals surface area contributed by atoms with Gasteiger partial charge in [0.25, 0.3) is 11.1 Å². The average molecular weight is 286 g/mol. The van der Waals surface area contributed by atoms with Crippen molar-refractivity contribution < 1.29 is 23.9 Å². The van der Waals surface area contributed by atoms with Crippen LogP contribution in [0, 0.1) is 27.7 Å². The zero-order chi connectivity index (χ0) is 15.1. The largest absolute Gasteiger partial charge is 0.567 e. The van der Waals surface area contributed by atoms with Crippen LogP contribution < -0.4 is 0 Å². The van der Waals surface area contributed by atoms with Crippen LogP contribution in [-0.2, 0) is 14.2 Å². The van der Waals surface area contributed by atoms with Crippen LogP contribution in [0.5, 0.6) is 0 Å². The molecule has 0 aromatic heterocycles. The highest BCUT2D eigenvalue weighted by molar-refractivity contribution is 5.21. The molecule has 1 saturated heterocycles. The van der Waals surface area contributed by atoms with E-state index in [1.54, 1.807) is 14.2 Å². The summed E-state index contributed by atoms with van der Waals surface area (Å²) in [5.41, 5.74) is -2.29. The topological polar surface area (TPSA) is 79.8 Å². The molecule has 0 aromatic carbocycles. The molecule has 20 heavy (non-hydrogen) atoms. The van der Waals surface area contributed by atoms with Crippen molar-refractivity contribution in [2.75, 3.05) is 14.2 Å². The van der Waals surface area contributed by atoms with Gasteiger partial charge >= 0.3 is 0 Å². The number of fused-ring (bicyclic) bond motifs is 5. The second kappa shape index (κ2) is 3.64. The van der Waals surface area contributed by atoms with Gasteiger partial charge in [0.1, 0.15) is 5.41 Å². The van der Waals surface area contributed by atoms with Crippen molar-refractivity contribution >= 4 is 0 Å². The fourth-order valence-electron chi connectivity index (χ4n) is 4.73.